The Morgan fingerprint density at radius 1 is 1.13 bits per heavy atom. The van der Waals surface area contributed by atoms with Gasteiger partial charge in [-0.2, -0.15) is 0 Å². The van der Waals surface area contributed by atoms with Crippen molar-refractivity contribution in [3.63, 3.8) is 0 Å². The Labute approximate surface area is 178 Å². The van der Waals surface area contributed by atoms with E-state index in [1.165, 1.54) is 7.11 Å². The number of carbonyl (C=O) groups is 2. The van der Waals surface area contributed by atoms with Crippen LogP contribution in [0.5, 0.6) is 0 Å². The Bertz CT molecular complexity index is 966. The van der Waals surface area contributed by atoms with Gasteiger partial charge < -0.3 is 15.2 Å². The molecule has 1 amide bonds. The maximum Gasteiger partial charge on any atom is 0.411 e. The molecule has 0 aromatic heterocycles. The molecular formula is C24H28N2O4. The SMILES string of the molecule is COC(=O)c1cc(N)c(C#CCN(Cc2ccccc2)C(=O)OC(C)(C)C)cc1C. The number of hydrogen-bond donors (Lipinski definition) is 1. The summed E-state index contributed by atoms with van der Waals surface area (Å²) in [6, 6.07) is 12.9. The van der Waals surface area contributed by atoms with E-state index in [9.17, 15) is 9.59 Å². The summed E-state index contributed by atoms with van der Waals surface area (Å²) in [5.74, 6) is 5.55. The number of nitrogens with zero attached hydrogens (tertiary/aromatic N) is 1. The Kier molecular flexibility index (Phi) is 7.48. The second-order valence-corrected chi connectivity index (χ2v) is 7.87. The summed E-state index contributed by atoms with van der Waals surface area (Å²) >= 11 is 0. The minimum absolute atomic E-state index is 0.168. The summed E-state index contributed by atoms with van der Waals surface area (Å²) in [7, 11) is 1.32. The first-order valence-corrected chi connectivity index (χ1v) is 9.60. The van der Waals surface area contributed by atoms with E-state index in [1.54, 1.807) is 24.0 Å². The van der Waals surface area contributed by atoms with Gasteiger partial charge in [0.15, 0.2) is 0 Å². The fraction of sp³-hybridized carbons (Fsp3) is 0.333. The van der Waals surface area contributed by atoms with Gasteiger partial charge in [0.2, 0.25) is 0 Å². The van der Waals surface area contributed by atoms with E-state index in [2.05, 4.69) is 11.8 Å². The monoisotopic (exact) mass is 408 g/mol. The van der Waals surface area contributed by atoms with Crippen LogP contribution in [0.3, 0.4) is 0 Å². The van der Waals surface area contributed by atoms with Crippen molar-refractivity contribution in [2.45, 2.75) is 39.8 Å². The number of carbonyl (C=O) groups excluding carboxylic acids is 2. The number of aryl methyl sites for hydroxylation is 1. The number of rotatable bonds is 4. The van der Waals surface area contributed by atoms with Gasteiger partial charge in [-0.1, -0.05) is 42.2 Å². The lowest BCUT2D eigenvalue weighted by atomic mass is 10.0. The van der Waals surface area contributed by atoms with Crippen LogP contribution in [-0.2, 0) is 16.0 Å². The van der Waals surface area contributed by atoms with Gasteiger partial charge in [-0.05, 0) is 51.0 Å². The van der Waals surface area contributed by atoms with Gasteiger partial charge >= 0.3 is 12.1 Å². The number of methoxy groups -OCH3 is 1. The van der Waals surface area contributed by atoms with E-state index >= 15 is 0 Å². The molecule has 0 atom stereocenters. The maximum atomic E-state index is 12.6. The van der Waals surface area contributed by atoms with Gasteiger partial charge in [-0.3, -0.25) is 4.90 Å². The van der Waals surface area contributed by atoms with Gasteiger partial charge in [0.25, 0.3) is 0 Å². The molecule has 2 aromatic rings. The summed E-state index contributed by atoms with van der Waals surface area (Å²) in [6.45, 7) is 7.80. The molecule has 0 fully saturated rings. The topological polar surface area (TPSA) is 81.9 Å². The van der Waals surface area contributed by atoms with Crippen molar-refractivity contribution in [1.29, 1.82) is 0 Å². The third-order valence-corrected chi connectivity index (χ3v) is 4.16. The molecule has 6 nitrogen and oxygen atoms in total. The van der Waals surface area contributed by atoms with Crippen molar-refractivity contribution in [2.75, 3.05) is 19.4 Å². The van der Waals surface area contributed by atoms with E-state index in [0.29, 0.717) is 28.9 Å². The molecular weight excluding hydrogens is 380 g/mol. The molecule has 0 aliphatic rings. The average Bonchev–Trinajstić information content (AvgIpc) is 2.68. The predicted octanol–water partition coefficient (Wildman–Crippen LogP) is 4.15. The van der Waals surface area contributed by atoms with Crippen LogP contribution in [-0.4, -0.2) is 36.2 Å². The Hall–Kier alpha value is -3.46. The average molecular weight is 408 g/mol. The van der Waals surface area contributed by atoms with E-state index < -0.39 is 17.7 Å². The first-order valence-electron chi connectivity index (χ1n) is 9.60. The second-order valence-electron chi connectivity index (χ2n) is 7.87. The summed E-state index contributed by atoms with van der Waals surface area (Å²) < 4.78 is 10.3. The highest BCUT2D eigenvalue weighted by molar-refractivity contribution is 5.92. The van der Waals surface area contributed by atoms with Crippen LogP contribution >= 0.6 is 0 Å². The number of nitrogen functional groups attached to an aromatic ring is 1. The van der Waals surface area contributed by atoms with Crippen molar-refractivity contribution in [2.24, 2.45) is 0 Å². The zero-order chi connectivity index (χ0) is 22.3. The predicted molar refractivity (Wildman–Crippen MR) is 117 cm³/mol. The fourth-order valence-corrected chi connectivity index (χ4v) is 2.71. The molecule has 158 valence electrons. The first-order chi connectivity index (χ1) is 14.1. The molecule has 0 spiro atoms. The minimum atomic E-state index is -0.606. The normalized spacial score (nSPS) is 10.6. The number of nitrogens with two attached hydrogens (primary N) is 1. The first kappa shape index (κ1) is 22.8. The minimum Gasteiger partial charge on any atom is -0.465 e. The highest BCUT2D eigenvalue weighted by atomic mass is 16.6. The number of benzene rings is 2. The van der Waals surface area contributed by atoms with Gasteiger partial charge in [0, 0.05) is 17.8 Å². The number of hydrogen-bond acceptors (Lipinski definition) is 5. The molecule has 30 heavy (non-hydrogen) atoms. The largest absolute Gasteiger partial charge is 0.465 e. The van der Waals surface area contributed by atoms with Crippen LogP contribution in [0.25, 0.3) is 0 Å². The lowest BCUT2D eigenvalue weighted by molar-refractivity contribution is 0.0260. The maximum absolute atomic E-state index is 12.6. The molecule has 2 rings (SSSR count). The zero-order valence-corrected chi connectivity index (χ0v) is 18.1. The van der Waals surface area contributed by atoms with Crippen LogP contribution in [0, 0.1) is 18.8 Å². The van der Waals surface area contributed by atoms with Crippen LogP contribution in [0.1, 0.15) is 47.8 Å². The quantitative estimate of drug-likeness (QED) is 0.467. The molecule has 6 heteroatoms. The van der Waals surface area contributed by atoms with Crippen molar-refractivity contribution in [1.82, 2.24) is 4.90 Å². The van der Waals surface area contributed by atoms with E-state index in [-0.39, 0.29) is 6.54 Å². The number of ether oxygens (including phenoxy) is 2. The van der Waals surface area contributed by atoms with Gasteiger partial charge in [-0.25, -0.2) is 9.59 Å². The van der Waals surface area contributed by atoms with E-state index in [4.69, 9.17) is 15.2 Å². The van der Waals surface area contributed by atoms with Crippen LogP contribution < -0.4 is 5.73 Å². The van der Waals surface area contributed by atoms with Gasteiger partial charge in [-0.15, -0.1) is 0 Å². The molecule has 0 bridgehead atoms. The molecule has 0 saturated heterocycles. The zero-order valence-electron chi connectivity index (χ0n) is 18.1. The summed E-state index contributed by atoms with van der Waals surface area (Å²) in [6.07, 6.45) is -0.439. The lowest BCUT2D eigenvalue weighted by Crippen LogP contribution is -2.36. The Morgan fingerprint density at radius 3 is 2.40 bits per heavy atom. The standard InChI is InChI=1S/C24H28N2O4/c1-17-14-19(21(25)15-20(17)22(27)29-5)12-9-13-26(23(28)30-24(2,3)4)16-18-10-7-6-8-11-18/h6-8,10-11,14-15H,13,16,25H2,1-5H3. The molecule has 0 heterocycles. The number of anilines is 1. The Morgan fingerprint density at radius 2 is 1.80 bits per heavy atom. The molecule has 0 radical (unpaired) electrons. The van der Waals surface area contributed by atoms with Gasteiger partial charge in [0.05, 0.1) is 19.2 Å². The summed E-state index contributed by atoms with van der Waals surface area (Å²) in [5, 5.41) is 0. The molecule has 0 aliphatic heterocycles. The Balaban J connectivity index is 2.23. The van der Waals surface area contributed by atoms with Crippen LogP contribution in [0.15, 0.2) is 42.5 Å². The van der Waals surface area contributed by atoms with E-state index in [1.807, 2.05) is 51.1 Å². The van der Waals surface area contributed by atoms with Crippen molar-refractivity contribution < 1.29 is 19.1 Å². The molecule has 0 aliphatic carbocycles. The number of esters is 1. The third kappa shape index (κ3) is 6.56. The third-order valence-electron chi connectivity index (χ3n) is 4.16. The smallest absolute Gasteiger partial charge is 0.411 e. The van der Waals surface area contributed by atoms with Crippen LogP contribution in [0.4, 0.5) is 10.5 Å². The lowest BCUT2D eigenvalue weighted by Gasteiger charge is -2.26. The van der Waals surface area contributed by atoms with Gasteiger partial charge in [0.1, 0.15) is 5.60 Å². The summed E-state index contributed by atoms with van der Waals surface area (Å²) in [4.78, 5) is 26.0. The number of amides is 1. The van der Waals surface area contributed by atoms with Crippen molar-refractivity contribution in [3.8, 4) is 11.8 Å². The molecule has 0 unspecified atom stereocenters. The second kappa shape index (κ2) is 9.84. The molecule has 2 aromatic carbocycles. The van der Waals surface area contributed by atoms with Crippen molar-refractivity contribution in [3.05, 3.63) is 64.7 Å². The van der Waals surface area contributed by atoms with E-state index in [0.717, 1.165) is 5.56 Å². The summed E-state index contributed by atoms with van der Waals surface area (Å²) in [5.41, 5.74) is 8.50. The van der Waals surface area contributed by atoms with Crippen LogP contribution in [0.2, 0.25) is 0 Å². The highest BCUT2D eigenvalue weighted by Crippen LogP contribution is 2.19. The molecule has 2 N–H and O–H groups in total. The van der Waals surface area contributed by atoms with Crippen molar-refractivity contribution >= 4 is 17.7 Å². The highest BCUT2D eigenvalue weighted by Gasteiger charge is 2.21. The molecule has 0 saturated carbocycles. The fourth-order valence-electron chi connectivity index (χ4n) is 2.71.